The third-order valence-corrected chi connectivity index (χ3v) is 12.6. The normalized spacial score (nSPS) is 49.2. The number of hydrogen-bond donors (Lipinski definition) is 2. The number of nitrogens with zero attached hydrogens (tertiary/aromatic N) is 1. The van der Waals surface area contributed by atoms with E-state index in [4.69, 9.17) is 4.74 Å². The number of ketones is 1. The van der Waals surface area contributed by atoms with Gasteiger partial charge in [0.2, 0.25) is 0 Å². The molecule has 0 amide bonds. The molecule has 5 rings (SSSR count). The summed E-state index contributed by atoms with van der Waals surface area (Å²) in [6, 6.07) is 2.21. The highest BCUT2D eigenvalue weighted by molar-refractivity contribution is 6.01. The molecule has 0 aromatic heterocycles. The second-order valence-electron chi connectivity index (χ2n) is 14.6. The molecule has 0 bridgehead atoms. The number of rotatable bonds is 2. The van der Waals surface area contributed by atoms with E-state index >= 15 is 0 Å². The van der Waals surface area contributed by atoms with Gasteiger partial charge in [-0.25, -0.2) is 0 Å². The molecule has 0 aromatic carbocycles. The summed E-state index contributed by atoms with van der Waals surface area (Å²) in [5, 5.41) is 33.5. The summed E-state index contributed by atoms with van der Waals surface area (Å²) < 4.78 is 5.63. The van der Waals surface area contributed by atoms with Crippen molar-refractivity contribution in [3.05, 3.63) is 23.3 Å². The molecule has 0 spiro atoms. The Bertz CT molecular complexity index is 1180. The van der Waals surface area contributed by atoms with Crippen LogP contribution in [0.3, 0.4) is 0 Å². The fourth-order valence-corrected chi connectivity index (χ4v) is 10.0. The predicted octanol–water partition coefficient (Wildman–Crippen LogP) is 5.29. The average molecular weight is 524 g/mol. The lowest BCUT2D eigenvalue weighted by atomic mass is 9.33. The van der Waals surface area contributed by atoms with E-state index in [9.17, 15) is 25.1 Å². The summed E-state index contributed by atoms with van der Waals surface area (Å²) >= 11 is 0. The highest BCUT2D eigenvalue weighted by Crippen LogP contribution is 2.75. The van der Waals surface area contributed by atoms with E-state index in [0.29, 0.717) is 31.3 Å². The van der Waals surface area contributed by atoms with Crippen molar-refractivity contribution in [2.45, 2.75) is 105 Å². The Labute approximate surface area is 227 Å². The van der Waals surface area contributed by atoms with Gasteiger partial charge in [0, 0.05) is 16.7 Å². The molecule has 2 N–H and O–H groups in total. The number of aliphatic hydroxyl groups excluding tert-OH is 1. The molecule has 5 aliphatic carbocycles. The number of allylic oxidation sites excluding steroid dienone is 2. The van der Waals surface area contributed by atoms with Crippen molar-refractivity contribution in [3.8, 4) is 6.07 Å². The topological polar surface area (TPSA) is 108 Å². The number of fused-ring (bicyclic) bond motifs is 7. The average Bonchev–Trinajstić information content (AvgIpc) is 2.85. The molecule has 6 heteroatoms. The minimum Gasteiger partial charge on any atom is -0.466 e. The van der Waals surface area contributed by atoms with Crippen molar-refractivity contribution in [2.24, 2.45) is 44.8 Å². The minimum absolute atomic E-state index is 0.0901. The predicted molar refractivity (Wildman–Crippen MR) is 143 cm³/mol. The zero-order chi connectivity index (χ0) is 28.1. The molecule has 0 aromatic rings. The van der Waals surface area contributed by atoms with Crippen LogP contribution in [0.1, 0.15) is 93.4 Å². The van der Waals surface area contributed by atoms with E-state index in [1.165, 1.54) is 0 Å². The first-order valence-corrected chi connectivity index (χ1v) is 14.6. The van der Waals surface area contributed by atoms with Crippen molar-refractivity contribution in [1.29, 1.82) is 5.26 Å². The Hall–Kier alpha value is -1.97. The van der Waals surface area contributed by atoms with Gasteiger partial charge in [-0.15, -0.1) is 0 Å². The summed E-state index contributed by atoms with van der Waals surface area (Å²) in [4.78, 5) is 28.0. The van der Waals surface area contributed by atoms with Crippen molar-refractivity contribution in [3.63, 3.8) is 0 Å². The number of hydrogen-bond acceptors (Lipinski definition) is 6. The molecule has 0 radical (unpaired) electrons. The van der Waals surface area contributed by atoms with Crippen LogP contribution in [-0.2, 0) is 14.3 Å². The zero-order valence-corrected chi connectivity index (χ0v) is 24.2. The number of esters is 1. The van der Waals surface area contributed by atoms with Gasteiger partial charge >= 0.3 is 5.97 Å². The van der Waals surface area contributed by atoms with Crippen LogP contribution in [0.4, 0.5) is 0 Å². The third-order valence-electron chi connectivity index (χ3n) is 12.6. The number of aliphatic hydroxyl groups is 2. The molecular weight excluding hydrogens is 478 g/mol. The Morgan fingerprint density at radius 1 is 1.13 bits per heavy atom. The van der Waals surface area contributed by atoms with Crippen LogP contribution in [0.2, 0.25) is 0 Å². The molecule has 208 valence electrons. The lowest BCUT2D eigenvalue weighted by molar-refractivity contribution is -0.248. The molecule has 3 saturated carbocycles. The van der Waals surface area contributed by atoms with Crippen LogP contribution < -0.4 is 0 Å². The summed E-state index contributed by atoms with van der Waals surface area (Å²) in [5.41, 5.74) is -3.21. The first kappa shape index (κ1) is 27.6. The molecule has 38 heavy (non-hydrogen) atoms. The van der Waals surface area contributed by atoms with Gasteiger partial charge in [0.05, 0.1) is 29.8 Å². The van der Waals surface area contributed by atoms with Crippen LogP contribution in [0, 0.1) is 56.2 Å². The van der Waals surface area contributed by atoms with Gasteiger partial charge in [0.15, 0.2) is 5.78 Å². The second-order valence-corrected chi connectivity index (χ2v) is 14.6. The molecule has 2 unspecified atom stereocenters. The number of carbonyl (C=O) groups excluding carboxylic acids is 2. The van der Waals surface area contributed by atoms with Gasteiger partial charge < -0.3 is 14.9 Å². The Morgan fingerprint density at radius 2 is 1.79 bits per heavy atom. The molecular formula is C32H45NO5. The SMILES string of the molecule is CCOC(=O)[C@]12CCC(C)(C)CC1[C@@]1(O)C(=O)C=C3[C@@]4(C)C=C(C#N)C(O)[C@@H](C)[C@@H]4CC[C@@]3(C)[C@]1(C)CC2. The smallest absolute Gasteiger partial charge is 0.312 e. The van der Waals surface area contributed by atoms with E-state index in [1.807, 2.05) is 19.9 Å². The van der Waals surface area contributed by atoms with Crippen LogP contribution in [0.25, 0.3) is 0 Å². The van der Waals surface area contributed by atoms with E-state index in [2.05, 4.69) is 40.7 Å². The minimum atomic E-state index is -1.70. The number of ether oxygens (including phenoxy) is 1. The van der Waals surface area contributed by atoms with E-state index < -0.39 is 39.3 Å². The monoisotopic (exact) mass is 523 g/mol. The van der Waals surface area contributed by atoms with Crippen molar-refractivity contribution in [1.82, 2.24) is 0 Å². The molecule has 3 fully saturated rings. The third kappa shape index (κ3) is 3.12. The van der Waals surface area contributed by atoms with Gasteiger partial charge in [0.25, 0.3) is 0 Å². The molecule has 5 aliphatic rings. The Balaban J connectivity index is 1.72. The molecule has 0 heterocycles. The highest BCUT2D eigenvalue weighted by atomic mass is 16.5. The quantitative estimate of drug-likeness (QED) is 0.477. The van der Waals surface area contributed by atoms with E-state index in [1.54, 1.807) is 6.08 Å². The van der Waals surface area contributed by atoms with Gasteiger partial charge in [-0.3, -0.25) is 9.59 Å². The maximum atomic E-state index is 14.4. The summed E-state index contributed by atoms with van der Waals surface area (Å²) in [7, 11) is 0. The second kappa shape index (κ2) is 8.27. The summed E-state index contributed by atoms with van der Waals surface area (Å²) in [6.45, 7) is 14.8. The van der Waals surface area contributed by atoms with Gasteiger partial charge in [-0.1, -0.05) is 47.6 Å². The van der Waals surface area contributed by atoms with E-state index in [-0.39, 0.29) is 35.6 Å². The van der Waals surface area contributed by atoms with Crippen LogP contribution in [0.5, 0.6) is 0 Å². The molecule has 9 atom stereocenters. The maximum Gasteiger partial charge on any atom is 0.312 e. The number of carbonyl (C=O) groups is 2. The molecule has 0 saturated heterocycles. The standard InChI is InChI=1S/C32H45NO5/c1-8-38-26(36)31-13-11-27(3,4)17-23(31)32(37)24(34)15-22-28(5)16-20(18-33)25(35)19(2)21(28)9-10-29(22,6)30(32,7)12-14-31/h15-16,19,21,23,25,35,37H,8-14,17H2,1-7H3/t19-,21-,23?,25?,28-,29+,30-,31-,32+/m0/s1. The first-order chi connectivity index (χ1) is 17.6. The van der Waals surface area contributed by atoms with Crippen molar-refractivity contribution < 1.29 is 24.5 Å². The van der Waals surface area contributed by atoms with E-state index in [0.717, 1.165) is 24.8 Å². The van der Waals surface area contributed by atoms with Crippen LogP contribution >= 0.6 is 0 Å². The molecule has 0 aliphatic heterocycles. The largest absolute Gasteiger partial charge is 0.466 e. The highest BCUT2D eigenvalue weighted by Gasteiger charge is 2.76. The van der Waals surface area contributed by atoms with Crippen LogP contribution in [0.15, 0.2) is 23.3 Å². The van der Waals surface area contributed by atoms with Gasteiger partial charge in [0.1, 0.15) is 5.60 Å². The van der Waals surface area contributed by atoms with Crippen molar-refractivity contribution in [2.75, 3.05) is 6.61 Å². The number of nitriles is 1. The lowest BCUT2D eigenvalue weighted by Gasteiger charge is -2.71. The van der Waals surface area contributed by atoms with Crippen molar-refractivity contribution >= 4 is 11.8 Å². The summed E-state index contributed by atoms with van der Waals surface area (Å²) in [5.74, 6) is -1.13. The van der Waals surface area contributed by atoms with Gasteiger partial charge in [-0.2, -0.15) is 5.26 Å². The Kier molecular flexibility index (Phi) is 6.01. The lowest BCUT2D eigenvalue weighted by Crippen LogP contribution is -2.74. The summed E-state index contributed by atoms with van der Waals surface area (Å²) in [6.07, 6.45) is 7.59. The molecule has 6 nitrogen and oxygen atoms in total. The zero-order valence-electron chi connectivity index (χ0n) is 24.2. The fraction of sp³-hybridized carbons (Fsp3) is 0.781. The first-order valence-electron chi connectivity index (χ1n) is 14.6. The fourth-order valence-electron chi connectivity index (χ4n) is 10.0. The Morgan fingerprint density at radius 3 is 2.42 bits per heavy atom. The maximum absolute atomic E-state index is 14.4. The van der Waals surface area contributed by atoms with Crippen LogP contribution in [-0.4, -0.2) is 40.3 Å². The van der Waals surface area contributed by atoms with Gasteiger partial charge in [-0.05, 0) is 86.2 Å².